The molecule has 0 radical (unpaired) electrons. The second-order valence-electron chi connectivity index (χ2n) is 3.93. The molecule has 3 atom stereocenters. The third-order valence-corrected chi connectivity index (χ3v) is 2.80. The van der Waals surface area contributed by atoms with Crippen LogP contribution in [0.5, 0.6) is 0 Å². The van der Waals surface area contributed by atoms with Crippen molar-refractivity contribution in [3.63, 3.8) is 0 Å². The van der Waals surface area contributed by atoms with E-state index in [0.29, 0.717) is 6.42 Å². The molecule has 1 saturated heterocycles. The summed E-state index contributed by atoms with van der Waals surface area (Å²) in [7, 11) is 0. The van der Waals surface area contributed by atoms with Crippen molar-refractivity contribution in [1.82, 2.24) is 0 Å². The van der Waals surface area contributed by atoms with Gasteiger partial charge >= 0.3 is 5.97 Å². The van der Waals surface area contributed by atoms with E-state index in [2.05, 4.69) is 0 Å². The summed E-state index contributed by atoms with van der Waals surface area (Å²) in [5, 5.41) is 9.74. The largest absolute Gasteiger partial charge is 0.460 e. The second kappa shape index (κ2) is 4.03. The van der Waals surface area contributed by atoms with Gasteiger partial charge in [-0.05, 0) is 18.9 Å². The molecule has 0 spiro atoms. The van der Waals surface area contributed by atoms with Crippen molar-refractivity contribution in [2.24, 2.45) is 5.92 Å². The van der Waals surface area contributed by atoms with Crippen LogP contribution in [0.3, 0.4) is 0 Å². The zero-order valence-electron chi connectivity index (χ0n) is 8.59. The Hall–Kier alpha value is -1.35. The Bertz CT molecular complexity index is 347. The van der Waals surface area contributed by atoms with Crippen molar-refractivity contribution in [2.45, 2.75) is 25.6 Å². The number of aliphatic hydroxyl groups is 1. The molecule has 80 valence electrons. The lowest BCUT2D eigenvalue weighted by Crippen LogP contribution is -2.26. The van der Waals surface area contributed by atoms with Crippen LogP contribution in [0.25, 0.3) is 0 Å². The molecule has 0 aromatic heterocycles. The average Bonchev–Trinajstić information content (AvgIpc) is 2.47. The third kappa shape index (κ3) is 2.02. The Balaban J connectivity index is 2.09. The van der Waals surface area contributed by atoms with Gasteiger partial charge in [0, 0.05) is 0 Å². The molecule has 1 aromatic rings. The van der Waals surface area contributed by atoms with Gasteiger partial charge in [0.15, 0.2) is 0 Å². The van der Waals surface area contributed by atoms with Crippen molar-refractivity contribution in [2.75, 3.05) is 0 Å². The number of cyclic esters (lactones) is 1. The van der Waals surface area contributed by atoms with Gasteiger partial charge < -0.3 is 9.84 Å². The first-order chi connectivity index (χ1) is 7.18. The van der Waals surface area contributed by atoms with Crippen molar-refractivity contribution < 1.29 is 14.6 Å². The van der Waals surface area contributed by atoms with Crippen LogP contribution in [0, 0.1) is 5.92 Å². The number of rotatable bonds is 2. The zero-order valence-corrected chi connectivity index (χ0v) is 8.59. The number of ether oxygens (including phenoxy) is 1. The molecule has 0 aliphatic carbocycles. The van der Waals surface area contributed by atoms with E-state index >= 15 is 0 Å². The topological polar surface area (TPSA) is 46.5 Å². The van der Waals surface area contributed by atoms with Crippen molar-refractivity contribution in [3.8, 4) is 0 Å². The summed E-state index contributed by atoms with van der Waals surface area (Å²) >= 11 is 0. The average molecular weight is 206 g/mol. The minimum Gasteiger partial charge on any atom is -0.460 e. The van der Waals surface area contributed by atoms with Crippen LogP contribution in [0.4, 0.5) is 0 Å². The highest BCUT2D eigenvalue weighted by Crippen LogP contribution is 2.25. The molecule has 1 aliphatic heterocycles. The SMILES string of the molecule is C[C@@H]1OC(=O)[C@H](Cc2ccccc2)[C@H]1O. The molecule has 1 heterocycles. The van der Waals surface area contributed by atoms with E-state index in [4.69, 9.17) is 4.74 Å². The van der Waals surface area contributed by atoms with E-state index in [1.807, 2.05) is 30.3 Å². The van der Waals surface area contributed by atoms with Gasteiger partial charge in [-0.25, -0.2) is 0 Å². The number of carbonyl (C=O) groups is 1. The van der Waals surface area contributed by atoms with Gasteiger partial charge in [0.05, 0.1) is 5.92 Å². The van der Waals surface area contributed by atoms with Gasteiger partial charge in [-0.2, -0.15) is 0 Å². The zero-order chi connectivity index (χ0) is 10.8. The molecule has 0 saturated carbocycles. The summed E-state index contributed by atoms with van der Waals surface area (Å²) in [6.07, 6.45) is -0.519. The monoisotopic (exact) mass is 206 g/mol. The Kier molecular flexibility index (Phi) is 2.73. The van der Waals surface area contributed by atoms with Crippen molar-refractivity contribution >= 4 is 5.97 Å². The second-order valence-corrected chi connectivity index (χ2v) is 3.93. The molecule has 1 N–H and O–H groups in total. The maximum absolute atomic E-state index is 11.4. The summed E-state index contributed by atoms with van der Waals surface area (Å²) < 4.78 is 4.97. The molecule has 1 aliphatic rings. The van der Waals surface area contributed by atoms with E-state index in [0.717, 1.165) is 5.56 Å². The number of aliphatic hydroxyl groups excluding tert-OH is 1. The molecular formula is C12H14O3. The normalized spacial score (nSPS) is 30.3. The summed E-state index contributed by atoms with van der Waals surface area (Å²) in [5.74, 6) is -0.707. The minimum atomic E-state index is -0.683. The third-order valence-electron chi connectivity index (χ3n) is 2.80. The Morgan fingerprint density at radius 3 is 2.53 bits per heavy atom. The van der Waals surface area contributed by atoms with Crippen LogP contribution in [-0.2, 0) is 16.0 Å². The van der Waals surface area contributed by atoms with Gasteiger partial charge in [0.25, 0.3) is 0 Å². The van der Waals surface area contributed by atoms with E-state index in [1.54, 1.807) is 6.92 Å². The van der Waals surface area contributed by atoms with Crippen LogP contribution in [0.2, 0.25) is 0 Å². The smallest absolute Gasteiger partial charge is 0.312 e. The van der Waals surface area contributed by atoms with Crippen LogP contribution in [-0.4, -0.2) is 23.3 Å². The molecular weight excluding hydrogens is 192 g/mol. The number of hydrogen-bond acceptors (Lipinski definition) is 3. The summed E-state index contributed by atoms with van der Waals surface area (Å²) in [6.45, 7) is 1.72. The predicted molar refractivity (Wildman–Crippen MR) is 55.2 cm³/mol. The Morgan fingerprint density at radius 1 is 1.33 bits per heavy atom. The van der Waals surface area contributed by atoms with Gasteiger partial charge in [0.1, 0.15) is 12.2 Å². The number of carbonyl (C=O) groups excluding carboxylic acids is 1. The van der Waals surface area contributed by atoms with E-state index in [-0.39, 0.29) is 12.1 Å². The molecule has 3 nitrogen and oxygen atoms in total. The lowest BCUT2D eigenvalue weighted by Gasteiger charge is -2.11. The highest BCUT2D eigenvalue weighted by Gasteiger charge is 2.40. The van der Waals surface area contributed by atoms with Crippen LogP contribution in [0.15, 0.2) is 30.3 Å². The van der Waals surface area contributed by atoms with Gasteiger partial charge in [-0.3, -0.25) is 4.79 Å². The van der Waals surface area contributed by atoms with Crippen molar-refractivity contribution in [3.05, 3.63) is 35.9 Å². The maximum Gasteiger partial charge on any atom is 0.312 e. The summed E-state index contributed by atoms with van der Waals surface area (Å²) in [6, 6.07) is 9.67. The first kappa shape index (κ1) is 10.2. The van der Waals surface area contributed by atoms with Gasteiger partial charge in [0.2, 0.25) is 0 Å². The van der Waals surface area contributed by atoms with E-state index in [9.17, 15) is 9.90 Å². The molecule has 0 unspecified atom stereocenters. The molecule has 3 heteroatoms. The van der Waals surface area contributed by atoms with Crippen LogP contribution >= 0.6 is 0 Å². The Labute approximate surface area is 88.7 Å². The highest BCUT2D eigenvalue weighted by molar-refractivity contribution is 5.76. The molecule has 0 amide bonds. The van der Waals surface area contributed by atoms with Gasteiger partial charge in [-0.1, -0.05) is 30.3 Å². The van der Waals surface area contributed by atoms with Crippen LogP contribution in [0.1, 0.15) is 12.5 Å². The predicted octanol–water partition coefficient (Wildman–Crippen LogP) is 1.15. The summed E-state index contributed by atoms with van der Waals surface area (Å²) in [5.41, 5.74) is 1.05. The summed E-state index contributed by atoms with van der Waals surface area (Å²) in [4.78, 5) is 11.4. The molecule has 15 heavy (non-hydrogen) atoms. The quantitative estimate of drug-likeness (QED) is 0.738. The standard InChI is InChI=1S/C12H14O3/c1-8-11(13)10(12(14)15-8)7-9-5-3-2-4-6-9/h2-6,8,10-11,13H,7H2,1H3/t8-,10+,11-/m0/s1. The minimum absolute atomic E-state index is 0.293. The fraction of sp³-hybridized carbons (Fsp3) is 0.417. The fourth-order valence-corrected chi connectivity index (χ4v) is 1.88. The van der Waals surface area contributed by atoms with Gasteiger partial charge in [-0.15, -0.1) is 0 Å². The number of hydrogen-bond donors (Lipinski definition) is 1. The van der Waals surface area contributed by atoms with Crippen LogP contribution < -0.4 is 0 Å². The lowest BCUT2D eigenvalue weighted by molar-refractivity contribution is -0.143. The van der Waals surface area contributed by atoms with E-state index in [1.165, 1.54) is 0 Å². The maximum atomic E-state index is 11.4. The molecule has 0 bridgehead atoms. The first-order valence-electron chi connectivity index (χ1n) is 5.11. The molecule has 1 fully saturated rings. The highest BCUT2D eigenvalue weighted by atomic mass is 16.6. The Morgan fingerprint density at radius 2 is 2.00 bits per heavy atom. The number of benzene rings is 1. The molecule has 1 aromatic carbocycles. The van der Waals surface area contributed by atoms with Crippen molar-refractivity contribution in [1.29, 1.82) is 0 Å². The molecule has 2 rings (SSSR count). The number of esters is 1. The fourth-order valence-electron chi connectivity index (χ4n) is 1.88. The van der Waals surface area contributed by atoms with E-state index < -0.39 is 12.0 Å². The first-order valence-corrected chi connectivity index (χ1v) is 5.11. The lowest BCUT2D eigenvalue weighted by atomic mass is 9.94.